The van der Waals surface area contributed by atoms with Gasteiger partial charge < -0.3 is 4.74 Å². The van der Waals surface area contributed by atoms with Crippen LogP contribution in [-0.2, 0) is 12.5 Å². The van der Waals surface area contributed by atoms with Crippen LogP contribution in [0.2, 0.25) is 5.02 Å². The van der Waals surface area contributed by atoms with Crippen molar-refractivity contribution in [2.75, 3.05) is 0 Å². The summed E-state index contributed by atoms with van der Waals surface area (Å²) in [6.07, 6.45) is 0. The molecule has 6 heteroatoms. The maximum absolute atomic E-state index is 13.6. The number of hydrogen-bond donors (Lipinski definition) is 0. The average molecular weight is 321 g/mol. The van der Waals surface area contributed by atoms with Crippen molar-refractivity contribution in [2.45, 2.75) is 12.5 Å². The summed E-state index contributed by atoms with van der Waals surface area (Å²) in [7, 11) is 0. The van der Waals surface area contributed by atoms with Gasteiger partial charge in [0, 0.05) is 5.88 Å². The van der Waals surface area contributed by atoms with Crippen LogP contribution in [0, 0.1) is 17.5 Å². The molecule has 0 radical (unpaired) electrons. The van der Waals surface area contributed by atoms with Gasteiger partial charge in [0.1, 0.15) is 12.4 Å². The van der Waals surface area contributed by atoms with Gasteiger partial charge in [-0.05, 0) is 35.4 Å². The molecule has 0 aliphatic rings. The quantitative estimate of drug-likeness (QED) is 0.714. The summed E-state index contributed by atoms with van der Waals surface area (Å²) in [5.41, 5.74) is 0.721. The monoisotopic (exact) mass is 320 g/mol. The van der Waals surface area contributed by atoms with Gasteiger partial charge in [0.05, 0.1) is 5.02 Å². The van der Waals surface area contributed by atoms with E-state index in [9.17, 15) is 13.2 Å². The highest BCUT2D eigenvalue weighted by atomic mass is 35.5. The summed E-state index contributed by atoms with van der Waals surface area (Å²) in [6, 6.07) is 6.18. The average Bonchev–Trinajstić information content (AvgIpc) is 2.41. The van der Waals surface area contributed by atoms with Crippen LogP contribution in [0.4, 0.5) is 13.2 Å². The number of halogens is 5. The molecule has 20 heavy (non-hydrogen) atoms. The van der Waals surface area contributed by atoms with Crippen molar-refractivity contribution in [1.82, 2.24) is 0 Å². The normalized spacial score (nSPS) is 10.7. The van der Waals surface area contributed by atoms with Crippen LogP contribution in [-0.4, -0.2) is 0 Å². The molecule has 0 fully saturated rings. The third kappa shape index (κ3) is 3.38. The number of benzene rings is 2. The van der Waals surface area contributed by atoms with E-state index in [-0.39, 0.29) is 17.5 Å². The van der Waals surface area contributed by atoms with Gasteiger partial charge in [-0.1, -0.05) is 17.7 Å². The van der Waals surface area contributed by atoms with Crippen molar-refractivity contribution in [3.05, 3.63) is 63.9 Å². The largest absolute Gasteiger partial charge is 0.483 e. The lowest BCUT2D eigenvalue weighted by Gasteiger charge is -2.10. The van der Waals surface area contributed by atoms with E-state index in [4.69, 9.17) is 27.9 Å². The fraction of sp³-hybridized carbons (Fsp3) is 0.143. The fourth-order valence-electron chi connectivity index (χ4n) is 1.61. The SMILES string of the molecule is Fc1cc(COc2c(F)cc(CCl)cc2F)ccc1Cl. The first-order chi connectivity index (χ1) is 9.51. The van der Waals surface area contributed by atoms with Crippen LogP contribution in [0.25, 0.3) is 0 Å². The van der Waals surface area contributed by atoms with Crippen LogP contribution >= 0.6 is 23.2 Å². The van der Waals surface area contributed by atoms with Crippen LogP contribution < -0.4 is 4.74 Å². The Bertz CT molecular complexity index is 609. The number of rotatable bonds is 4. The van der Waals surface area contributed by atoms with E-state index in [2.05, 4.69) is 0 Å². The second-order valence-electron chi connectivity index (χ2n) is 4.06. The van der Waals surface area contributed by atoms with E-state index in [1.54, 1.807) is 0 Å². The molecule has 0 spiro atoms. The fourth-order valence-corrected chi connectivity index (χ4v) is 1.88. The molecule has 0 heterocycles. The van der Waals surface area contributed by atoms with Crippen molar-refractivity contribution < 1.29 is 17.9 Å². The third-order valence-electron chi connectivity index (χ3n) is 2.58. The van der Waals surface area contributed by atoms with Crippen LogP contribution in [0.15, 0.2) is 30.3 Å². The Balaban J connectivity index is 2.16. The van der Waals surface area contributed by atoms with Gasteiger partial charge in [0.2, 0.25) is 0 Å². The molecule has 2 rings (SSSR count). The van der Waals surface area contributed by atoms with E-state index in [0.717, 1.165) is 18.2 Å². The Labute approximate surface area is 123 Å². The van der Waals surface area contributed by atoms with Crippen LogP contribution in [0.1, 0.15) is 11.1 Å². The molecule has 1 nitrogen and oxygen atoms in total. The smallest absolute Gasteiger partial charge is 0.191 e. The molecule has 0 N–H and O–H groups in total. The van der Waals surface area contributed by atoms with Gasteiger partial charge in [-0.2, -0.15) is 0 Å². The summed E-state index contributed by atoms with van der Waals surface area (Å²) in [6.45, 7) is -0.178. The molecule has 0 aromatic heterocycles. The summed E-state index contributed by atoms with van der Waals surface area (Å²) in [5, 5.41) is -0.0300. The molecule has 0 aliphatic heterocycles. The highest BCUT2D eigenvalue weighted by molar-refractivity contribution is 6.30. The molecule has 0 atom stereocenters. The van der Waals surface area contributed by atoms with Gasteiger partial charge >= 0.3 is 0 Å². The number of ether oxygens (including phenoxy) is 1. The first kappa shape index (κ1) is 15.0. The van der Waals surface area contributed by atoms with Crippen molar-refractivity contribution in [2.24, 2.45) is 0 Å². The molecule has 0 amide bonds. The van der Waals surface area contributed by atoms with Crippen LogP contribution in [0.3, 0.4) is 0 Å². The molecule has 0 bridgehead atoms. The molecule has 0 aliphatic carbocycles. The number of alkyl halides is 1. The molecule has 0 unspecified atom stereocenters. The van der Waals surface area contributed by atoms with Gasteiger partial charge in [-0.3, -0.25) is 0 Å². The minimum atomic E-state index is -0.852. The van der Waals surface area contributed by atoms with Crippen molar-refractivity contribution in [3.8, 4) is 5.75 Å². The second kappa shape index (κ2) is 6.37. The van der Waals surface area contributed by atoms with Gasteiger partial charge in [-0.15, -0.1) is 11.6 Å². The molecule has 0 saturated carbocycles. The lowest BCUT2D eigenvalue weighted by Crippen LogP contribution is -2.01. The predicted molar refractivity (Wildman–Crippen MR) is 71.7 cm³/mol. The Kier molecular flexibility index (Phi) is 4.78. The minimum absolute atomic E-state index is 0.00346. The molecule has 106 valence electrons. The lowest BCUT2D eigenvalue weighted by molar-refractivity contribution is 0.273. The molecular formula is C14H9Cl2F3O. The zero-order valence-electron chi connectivity index (χ0n) is 10.1. The van der Waals surface area contributed by atoms with E-state index in [0.29, 0.717) is 11.1 Å². The molecular weight excluding hydrogens is 312 g/mol. The van der Waals surface area contributed by atoms with E-state index in [1.165, 1.54) is 12.1 Å². The topological polar surface area (TPSA) is 9.23 Å². The lowest BCUT2D eigenvalue weighted by atomic mass is 10.2. The number of hydrogen-bond acceptors (Lipinski definition) is 1. The zero-order chi connectivity index (χ0) is 14.7. The maximum Gasteiger partial charge on any atom is 0.191 e. The summed E-state index contributed by atoms with van der Waals surface area (Å²) < 4.78 is 45.5. The molecule has 2 aromatic rings. The van der Waals surface area contributed by atoms with Gasteiger partial charge in [0.15, 0.2) is 17.4 Å². The first-order valence-corrected chi connectivity index (χ1v) is 6.53. The predicted octanol–water partition coefficient (Wildman–Crippen LogP) is 5.08. The van der Waals surface area contributed by atoms with Crippen molar-refractivity contribution in [1.29, 1.82) is 0 Å². The van der Waals surface area contributed by atoms with Gasteiger partial charge in [-0.25, -0.2) is 13.2 Å². The zero-order valence-corrected chi connectivity index (χ0v) is 11.6. The van der Waals surface area contributed by atoms with Gasteiger partial charge in [0.25, 0.3) is 0 Å². The first-order valence-electron chi connectivity index (χ1n) is 5.62. The Morgan fingerprint density at radius 1 is 0.900 bits per heavy atom. The minimum Gasteiger partial charge on any atom is -0.483 e. The second-order valence-corrected chi connectivity index (χ2v) is 4.73. The summed E-state index contributed by atoms with van der Waals surface area (Å²) >= 11 is 11.0. The molecule has 0 saturated heterocycles. The Morgan fingerprint density at radius 3 is 2.05 bits per heavy atom. The Morgan fingerprint density at radius 2 is 1.50 bits per heavy atom. The van der Waals surface area contributed by atoms with Crippen molar-refractivity contribution >= 4 is 23.2 Å². The van der Waals surface area contributed by atoms with Crippen molar-refractivity contribution in [3.63, 3.8) is 0 Å². The highest BCUT2D eigenvalue weighted by Crippen LogP contribution is 2.25. The van der Waals surface area contributed by atoms with Crippen LogP contribution in [0.5, 0.6) is 5.75 Å². The van der Waals surface area contributed by atoms with E-state index >= 15 is 0 Å². The molecule has 2 aromatic carbocycles. The maximum atomic E-state index is 13.6. The summed E-state index contributed by atoms with van der Waals surface area (Å²) in [5.74, 6) is -2.85. The Hall–Kier alpha value is -1.39. The third-order valence-corrected chi connectivity index (χ3v) is 3.19. The standard InChI is InChI=1S/C14H9Cl2F3O/c15-6-9-4-12(18)14(13(19)5-9)20-7-8-1-2-10(16)11(17)3-8/h1-5H,6-7H2. The summed E-state index contributed by atoms with van der Waals surface area (Å²) in [4.78, 5) is 0. The highest BCUT2D eigenvalue weighted by Gasteiger charge is 2.13. The van der Waals surface area contributed by atoms with E-state index in [1.807, 2.05) is 0 Å². The van der Waals surface area contributed by atoms with E-state index < -0.39 is 23.2 Å².